The summed E-state index contributed by atoms with van der Waals surface area (Å²) in [6.45, 7) is 6.21. The second kappa shape index (κ2) is 9.49. The molecule has 154 valence electrons. The second-order valence-corrected chi connectivity index (χ2v) is 7.99. The van der Waals surface area contributed by atoms with E-state index in [9.17, 15) is 8.76 Å². The Kier molecular flexibility index (Phi) is 7.03. The fraction of sp³-hybridized carbons (Fsp3) is 0.579. The van der Waals surface area contributed by atoms with Crippen molar-refractivity contribution >= 4 is 28.0 Å². The number of nitrogens with zero attached hydrogens (tertiary/aromatic N) is 3. The molecule has 1 unspecified atom stereocenters. The molecular weight excluding hydrogens is 380 g/mol. The van der Waals surface area contributed by atoms with Gasteiger partial charge in [0, 0.05) is 42.4 Å². The van der Waals surface area contributed by atoms with Gasteiger partial charge in [-0.25, -0.2) is 14.7 Å². The lowest BCUT2D eigenvalue weighted by Gasteiger charge is -2.33. The molecule has 1 saturated heterocycles. The SMILES string of the molecule is COc1cc2ncnc(N3CCC(CCNS(=O)[O-])CC3)c2cc1OC(C)C. The minimum Gasteiger partial charge on any atom is -0.760 e. The highest BCUT2D eigenvalue weighted by molar-refractivity contribution is 7.77. The van der Waals surface area contributed by atoms with Crippen molar-refractivity contribution in [2.24, 2.45) is 5.92 Å². The van der Waals surface area contributed by atoms with E-state index in [2.05, 4.69) is 19.6 Å². The third-order valence-corrected chi connectivity index (χ3v) is 5.39. The van der Waals surface area contributed by atoms with E-state index in [0.29, 0.717) is 24.0 Å². The van der Waals surface area contributed by atoms with Crippen LogP contribution in [0, 0.1) is 5.92 Å². The first-order chi connectivity index (χ1) is 13.5. The lowest BCUT2D eigenvalue weighted by atomic mass is 9.93. The maximum absolute atomic E-state index is 10.6. The Morgan fingerprint density at radius 2 is 2.04 bits per heavy atom. The molecule has 9 heteroatoms. The number of hydrogen-bond donors (Lipinski definition) is 1. The van der Waals surface area contributed by atoms with Crippen molar-refractivity contribution in [3.8, 4) is 11.5 Å². The minimum atomic E-state index is -2.18. The summed E-state index contributed by atoms with van der Waals surface area (Å²) in [6.07, 6.45) is 4.48. The quantitative estimate of drug-likeness (QED) is 0.671. The number of piperidine rings is 1. The first-order valence-corrected chi connectivity index (χ1v) is 10.6. The van der Waals surface area contributed by atoms with Gasteiger partial charge >= 0.3 is 0 Å². The van der Waals surface area contributed by atoms with Crippen LogP contribution in [0.1, 0.15) is 33.1 Å². The number of fused-ring (bicyclic) bond motifs is 1. The van der Waals surface area contributed by atoms with Crippen LogP contribution < -0.4 is 19.1 Å². The summed E-state index contributed by atoms with van der Waals surface area (Å²) < 4.78 is 35.0. The Bertz CT molecular complexity index is 825. The number of methoxy groups -OCH3 is 1. The molecule has 28 heavy (non-hydrogen) atoms. The van der Waals surface area contributed by atoms with E-state index >= 15 is 0 Å². The fourth-order valence-corrected chi connectivity index (χ4v) is 3.87. The van der Waals surface area contributed by atoms with Gasteiger partial charge in [0.1, 0.15) is 12.1 Å². The lowest BCUT2D eigenvalue weighted by Crippen LogP contribution is -2.35. The van der Waals surface area contributed by atoms with Crippen molar-refractivity contribution in [3.05, 3.63) is 18.5 Å². The predicted molar refractivity (Wildman–Crippen MR) is 108 cm³/mol. The normalized spacial score (nSPS) is 16.5. The van der Waals surface area contributed by atoms with Gasteiger partial charge in [0.15, 0.2) is 11.5 Å². The highest BCUT2D eigenvalue weighted by Crippen LogP contribution is 2.36. The molecule has 0 amide bonds. The van der Waals surface area contributed by atoms with Crippen molar-refractivity contribution in [2.45, 2.75) is 39.2 Å². The summed E-state index contributed by atoms with van der Waals surface area (Å²) in [4.78, 5) is 11.2. The molecule has 1 N–H and O–H groups in total. The summed E-state index contributed by atoms with van der Waals surface area (Å²) in [6, 6.07) is 3.85. The number of anilines is 1. The molecule has 0 aliphatic carbocycles. The van der Waals surface area contributed by atoms with Crippen LogP contribution in [0.4, 0.5) is 5.82 Å². The number of aromatic nitrogens is 2. The van der Waals surface area contributed by atoms with Crippen molar-refractivity contribution in [1.82, 2.24) is 14.7 Å². The van der Waals surface area contributed by atoms with Crippen molar-refractivity contribution in [3.63, 3.8) is 0 Å². The highest BCUT2D eigenvalue weighted by atomic mass is 32.2. The molecule has 3 rings (SSSR count). The Balaban J connectivity index is 1.77. The Morgan fingerprint density at radius 3 is 2.68 bits per heavy atom. The van der Waals surface area contributed by atoms with E-state index in [4.69, 9.17) is 9.47 Å². The molecule has 8 nitrogen and oxygen atoms in total. The molecule has 0 saturated carbocycles. The molecule has 1 aliphatic heterocycles. The van der Waals surface area contributed by atoms with Crippen LogP contribution in [-0.4, -0.2) is 51.6 Å². The third kappa shape index (κ3) is 5.09. The Labute approximate surface area is 168 Å². The molecule has 2 heterocycles. The van der Waals surface area contributed by atoms with Crippen molar-refractivity contribution in [1.29, 1.82) is 0 Å². The van der Waals surface area contributed by atoms with E-state index in [1.165, 1.54) is 0 Å². The zero-order valence-electron chi connectivity index (χ0n) is 16.5. The van der Waals surface area contributed by atoms with Gasteiger partial charge in [0.25, 0.3) is 0 Å². The van der Waals surface area contributed by atoms with Gasteiger partial charge in [-0.1, -0.05) is 0 Å². The van der Waals surface area contributed by atoms with Crippen LogP contribution in [0.3, 0.4) is 0 Å². The number of ether oxygens (including phenoxy) is 2. The van der Waals surface area contributed by atoms with Crippen molar-refractivity contribution in [2.75, 3.05) is 31.6 Å². The number of hydrogen-bond acceptors (Lipinski definition) is 7. The largest absolute Gasteiger partial charge is 0.760 e. The van der Waals surface area contributed by atoms with Crippen LogP contribution in [0.25, 0.3) is 10.9 Å². The summed E-state index contributed by atoms with van der Waals surface area (Å²) in [5, 5.41) is 0.945. The van der Waals surface area contributed by atoms with E-state index in [0.717, 1.165) is 49.1 Å². The molecule has 0 spiro atoms. The van der Waals surface area contributed by atoms with Gasteiger partial charge in [-0.05, 0) is 45.1 Å². The fourth-order valence-electron chi connectivity index (χ4n) is 3.59. The first-order valence-electron chi connectivity index (χ1n) is 9.55. The molecule has 2 aromatic rings. The zero-order valence-corrected chi connectivity index (χ0v) is 17.3. The van der Waals surface area contributed by atoms with Gasteiger partial charge in [0.2, 0.25) is 0 Å². The van der Waals surface area contributed by atoms with Gasteiger partial charge in [-0.2, -0.15) is 0 Å². The number of benzene rings is 1. The molecule has 1 aromatic heterocycles. The van der Waals surface area contributed by atoms with Crippen LogP contribution in [0.5, 0.6) is 11.5 Å². The smallest absolute Gasteiger partial charge is 0.162 e. The lowest BCUT2D eigenvalue weighted by molar-refractivity contribution is 0.230. The second-order valence-electron chi connectivity index (χ2n) is 7.23. The van der Waals surface area contributed by atoms with Crippen LogP contribution in [0.2, 0.25) is 0 Å². The molecule has 1 atom stereocenters. The first kappa shape index (κ1) is 20.8. The van der Waals surface area contributed by atoms with Crippen LogP contribution >= 0.6 is 0 Å². The average Bonchev–Trinajstić information content (AvgIpc) is 2.67. The van der Waals surface area contributed by atoms with E-state index in [1.54, 1.807) is 13.4 Å². The number of rotatable bonds is 8. The highest BCUT2D eigenvalue weighted by Gasteiger charge is 2.22. The maximum Gasteiger partial charge on any atom is 0.162 e. The van der Waals surface area contributed by atoms with E-state index in [1.807, 2.05) is 26.0 Å². The molecule has 0 bridgehead atoms. The van der Waals surface area contributed by atoms with Gasteiger partial charge < -0.3 is 18.9 Å². The minimum absolute atomic E-state index is 0.0345. The third-order valence-electron chi connectivity index (χ3n) is 4.95. The summed E-state index contributed by atoms with van der Waals surface area (Å²) in [5.41, 5.74) is 0.821. The molecule has 1 fully saturated rings. The van der Waals surface area contributed by atoms with Gasteiger partial charge in [0.05, 0.1) is 18.7 Å². The standard InChI is InChI=1S/C19H28N4O4S/c1-13(2)27-18-10-15-16(11-17(18)26-3)20-12-21-19(15)23-8-5-14(6-9-23)4-7-22-28(24)25/h10-14,22H,4-9H2,1-3H3,(H,24,25)/p-1. The summed E-state index contributed by atoms with van der Waals surface area (Å²) in [5.74, 6) is 2.76. The molecule has 1 aliphatic rings. The Hall–Kier alpha value is -1.97. The number of nitrogens with one attached hydrogen (secondary N) is 1. The average molecular weight is 408 g/mol. The van der Waals surface area contributed by atoms with Gasteiger partial charge in [-0.15, -0.1) is 0 Å². The maximum atomic E-state index is 10.6. The van der Waals surface area contributed by atoms with Crippen LogP contribution in [0.15, 0.2) is 18.5 Å². The molecule has 1 aromatic carbocycles. The molecule has 0 radical (unpaired) electrons. The predicted octanol–water partition coefficient (Wildman–Crippen LogP) is 2.42. The topological polar surface area (TPSA) is 99.6 Å². The zero-order chi connectivity index (χ0) is 20.1. The summed E-state index contributed by atoms with van der Waals surface area (Å²) >= 11 is -2.18. The van der Waals surface area contributed by atoms with Crippen molar-refractivity contribution < 1.29 is 18.2 Å². The molecular formula is C19H27N4O4S-. The monoisotopic (exact) mass is 407 g/mol. The Morgan fingerprint density at radius 1 is 1.29 bits per heavy atom. The van der Waals surface area contributed by atoms with E-state index < -0.39 is 11.3 Å². The van der Waals surface area contributed by atoms with Crippen LogP contribution in [-0.2, 0) is 11.3 Å². The van der Waals surface area contributed by atoms with E-state index in [-0.39, 0.29) is 6.10 Å². The van der Waals surface area contributed by atoms with Gasteiger partial charge in [-0.3, -0.25) is 4.21 Å². The summed E-state index contributed by atoms with van der Waals surface area (Å²) in [7, 11) is 1.62.